The molecule has 1 saturated heterocycles. The molecule has 19 heavy (non-hydrogen) atoms. The molecule has 1 aromatic rings. The molecule has 0 aliphatic carbocycles. The van der Waals surface area contributed by atoms with Crippen LogP contribution < -0.4 is 4.90 Å². The molecule has 0 spiro atoms. The number of aliphatic hydroxyl groups is 1. The zero-order valence-corrected chi connectivity index (χ0v) is 10.3. The molecule has 1 N–H and O–H groups in total. The predicted octanol–water partition coefficient (Wildman–Crippen LogP) is 0.365. The topological polar surface area (TPSA) is 52.5 Å². The van der Waals surface area contributed by atoms with Crippen molar-refractivity contribution in [3.63, 3.8) is 0 Å². The summed E-state index contributed by atoms with van der Waals surface area (Å²) in [7, 11) is 0. The maximum atomic E-state index is 13.0. The third-order valence-corrected chi connectivity index (χ3v) is 2.95. The van der Waals surface area contributed by atoms with Crippen molar-refractivity contribution >= 4 is 5.95 Å². The summed E-state index contributed by atoms with van der Waals surface area (Å²) in [5.74, 6) is -3.19. The van der Waals surface area contributed by atoms with Crippen LogP contribution in [0.25, 0.3) is 0 Å². The molecule has 0 saturated carbocycles. The second kappa shape index (κ2) is 5.70. The fraction of sp³-hybridized carbons (Fsp3) is 0.636. The minimum Gasteiger partial charge on any atom is -0.390 e. The van der Waals surface area contributed by atoms with E-state index in [1.807, 2.05) is 4.90 Å². The van der Waals surface area contributed by atoms with Crippen LogP contribution in [0.15, 0.2) is 12.4 Å². The smallest absolute Gasteiger partial charge is 0.283 e. The molecule has 5 nitrogen and oxygen atoms in total. The fourth-order valence-electron chi connectivity index (χ4n) is 1.95. The quantitative estimate of drug-likeness (QED) is 0.861. The molecule has 0 bridgehead atoms. The molecule has 0 amide bonds. The largest absolute Gasteiger partial charge is 0.390 e. The highest BCUT2D eigenvalue weighted by Gasteiger charge is 2.32. The number of alkyl halides is 2. The molecule has 8 heteroatoms. The van der Waals surface area contributed by atoms with E-state index < -0.39 is 24.9 Å². The number of rotatable bonds is 4. The first-order chi connectivity index (χ1) is 9.00. The second-order valence-corrected chi connectivity index (χ2v) is 4.48. The molecule has 1 fully saturated rings. The summed E-state index contributed by atoms with van der Waals surface area (Å²) in [4.78, 5) is 11.1. The molecule has 1 aliphatic rings. The van der Waals surface area contributed by atoms with Crippen LogP contribution in [0.5, 0.6) is 0 Å². The van der Waals surface area contributed by atoms with Gasteiger partial charge in [-0.3, -0.25) is 4.90 Å². The Labute approximate surface area is 108 Å². The Balaban J connectivity index is 1.87. The Morgan fingerprint density at radius 3 is 2.26 bits per heavy atom. The fourth-order valence-corrected chi connectivity index (χ4v) is 1.95. The molecule has 2 heterocycles. The molecular formula is C11H15F3N4O. The van der Waals surface area contributed by atoms with Crippen molar-refractivity contribution in [2.24, 2.45) is 0 Å². The number of nitrogens with zero attached hydrogens (tertiary/aromatic N) is 4. The molecule has 0 aromatic carbocycles. The van der Waals surface area contributed by atoms with Gasteiger partial charge in [0.25, 0.3) is 5.92 Å². The number of aliphatic hydroxyl groups excluding tert-OH is 1. The van der Waals surface area contributed by atoms with Gasteiger partial charge in [0.05, 0.1) is 18.9 Å². The minimum atomic E-state index is -3.07. The highest BCUT2D eigenvalue weighted by atomic mass is 19.3. The van der Waals surface area contributed by atoms with Crippen molar-refractivity contribution in [3.05, 3.63) is 18.2 Å². The Hall–Kier alpha value is -1.41. The summed E-state index contributed by atoms with van der Waals surface area (Å²) in [6.07, 6.45) is 2.16. The summed E-state index contributed by atoms with van der Waals surface area (Å²) < 4.78 is 38.7. The normalized spacial score (nSPS) is 17.8. The zero-order chi connectivity index (χ0) is 13.9. The number of piperazine rings is 1. The summed E-state index contributed by atoms with van der Waals surface area (Å²) in [5.41, 5.74) is 0. The number of hydrogen-bond acceptors (Lipinski definition) is 5. The monoisotopic (exact) mass is 276 g/mol. The van der Waals surface area contributed by atoms with Gasteiger partial charge in [0, 0.05) is 26.2 Å². The minimum absolute atomic E-state index is 0.398. The Morgan fingerprint density at radius 2 is 1.74 bits per heavy atom. The van der Waals surface area contributed by atoms with Gasteiger partial charge >= 0.3 is 0 Å². The number of hydrogen-bond donors (Lipinski definition) is 1. The van der Waals surface area contributed by atoms with Crippen molar-refractivity contribution in [1.29, 1.82) is 0 Å². The van der Waals surface area contributed by atoms with Crippen molar-refractivity contribution in [1.82, 2.24) is 14.9 Å². The van der Waals surface area contributed by atoms with E-state index in [0.29, 0.717) is 32.1 Å². The van der Waals surface area contributed by atoms with E-state index in [-0.39, 0.29) is 0 Å². The molecule has 2 rings (SSSR count). The first-order valence-electron chi connectivity index (χ1n) is 5.94. The van der Waals surface area contributed by atoms with Crippen LogP contribution in [0.4, 0.5) is 19.1 Å². The highest BCUT2D eigenvalue weighted by Crippen LogP contribution is 2.17. The van der Waals surface area contributed by atoms with Gasteiger partial charge < -0.3 is 10.0 Å². The van der Waals surface area contributed by atoms with Gasteiger partial charge in [0.1, 0.15) is 6.61 Å². The lowest BCUT2D eigenvalue weighted by Crippen LogP contribution is -2.51. The molecule has 0 atom stereocenters. The molecule has 0 unspecified atom stereocenters. The molecule has 1 aliphatic heterocycles. The van der Waals surface area contributed by atoms with E-state index >= 15 is 0 Å². The molecular weight excluding hydrogens is 261 g/mol. The second-order valence-electron chi connectivity index (χ2n) is 4.48. The lowest BCUT2D eigenvalue weighted by molar-refractivity contribution is -0.0733. The number of aromatic nitrogens is 2. The maximum Gasteiger partial charge on any atom is 0.283 e. The number of anilines is 1. The van der Waals surface area contributed by atoms with Gasteiger partial charge in [-0.25, -0.2) is 23.1 Å². The van der Waals surface area contributed by atoms with Crippen molar-refractivity contribution < 1.29 is 18.3 Å². The van der Waals surface area contributed by atoms with Gasteiger partial charge in [-0.1, -0.05) is 0 Å². The van der Waals surface area contributed by atoms with Crippen LogP contribution in [0, 0.1) is 5.82 Å². The molecule has 106 valence electrons. The Morgan fingerprint density at radius 1 is 1.16 bits per heavy atom. The number of halogens is 3. The van der Waals surface area contributed by atoms with E-state index in [4.69, 9.17) is 5.11 Å². The van der Waals surface area contributed by atoms with Crippen molar-refractivity contribution in [2.75, 3.05) is 44.2 Å². The average Bonchev–Trinajstić information content (AvgIpc) is 2.40. The van der Waals surface area contributed by atoms with Crippen LogP contribution in [0.1, 0.15) is 0 Å². The van der Waals surface area contributed by atoms with E-state index in [1.165, 1.54) is 0 Å². The van der Waals surface area contributed by atoms with E-state index in [1.54, 1.807) is 4.90 Å². The summed E-state index contributed by atoms with van der Waals surface area (Å²) in [5, 5.41) is 8.54. The lowest BCUT2D eigenvalue weighted by Gasteiger charge is -2.35. The van der Waals surface area contributed by atoms with Gasteiger partial charge in [0.15, 0.2) is 5.82 Å². The van der Waals surface area contributed by atoms with Crippen LogP contribution in [0.3, 0.4) is 0 Å². The first-order valence-corrected chi connectivity index (χ1v) is 5.94. The van der Waals surface area contributed by atoms with Crippen LogP contribution in [-0.4, -0.2) is 65.2 Å². The third-order valence-electron chi connectivity index (χ3n) is 2.95. The highest BCUT2D eigenvalue weighted by molar-refractivity contribution is 5.29. The average molecular weight is 276 g/mol. The van der Waals surface area contributed by atoms with E-state index in [9.17, 15) is 13.2 Å². The summed E-state index contributed by atoms with van der Waals surface area (Å²) in [6, 6.07) is 0. The van der Waals surface area contributed by atoms with Crippen LogP contribution >= 0.6 is 0 Å². The standard InChI is InChI=1S/C11H15F3N4O/c12-9-5-15-10(16-6-9)18-3-1-17(2-4-18)7-11(13,14)8-19/h5-6,19H,1-4,7-8H2. The van der Waals surface area contributed by atoms with Gasteiger partial charge in [-0.2, -0.15) is 0 Å². The van der Waals surface area contributed by atoms with E-state index in [0.717, 1.165) is 12.4 Å². The Kier molecular flexibility index (Phi) is 4.20. The lowest BCUT2D eigenvalue weighted by atomic mass is 10.2. The zero-order valence-electron chi connectivity index (χ0n) is 10.3. The van der Waals surface area contributed by atoms with Gasteiger partial charge in [-0.05, 0) is 0 Å². The van der Waals surface area contributed by atoms with Crippen molar-refractivity contribution in [2.45, 2.75) is 5.92 Å². The van der Waals surface area contributed by atoms with Crippen LogP contribution in [-0.2, 0) is 0 Å². The summed E-state index contributed by atoms with van der Waals surface area (Å²) >= 11 is 0. The van der Waals surface area contributed by atoms with Crippen LogP contribution in [0.2, 0.25) is 0 Å². The van der Waals surface area contributed by atoms with Gasteiger partial charge in [-0.15, -0.1) is 0 Å². The predicted molar refractivity (Wildman–Crippen MR) is 62.7 cm³/mol. The molecule has 1 aromatic heterocycles. The van der Waals surface area contributed by atoms with Gasteiger partial charge in [0.2, 0.25) is 5.95 Å². The molecule has 0 radical (unpaired) electrons. The maximum absolute atomic E-state index is 13.0. The SMILES string of the molecule is OCC(F)(F)CN1CCN(c2ncc(F)cn2)CC1. The first kappa shape index (κ1) is 14.0. The van der Waals surface area contributed by atoms with E-state index in [2.05, 4.69) is 9.97 Å². The third kappa shape index (κ3) is 3.77. The Bertz CT molecular complexity index is 407. The van der Waals surface area contributed by atoms with Crippen molar-refractivity contribution in [3.8, 4) is 0 Å². The summed E-state index contributed by atoms with van der Waals surface area (Å²) in [6.45, 7) is 0.239.